The molecule has 0 bridgehead atoms. The van der Waals surface area contributed by atoms with Crippen LogP contribution in [0.2, 0.25) is 0 Å². The molecule has 0 aromatic carbocycles. The monoisotopic (exact) mass is 295 g/mol. The van der Waals surface area contributed by atoms with Gasteiger partial charge < -0.3 is 4.74 Å². The predicted octanol–water partition coefficient (Wildman–Crippen LogP) is 0.901. The van der Waals surface area contributed by atoms with Crippen LogP contribution in [0.25, 0.3) is 0 Å². The van der Waals surface area contributed by atoms with E-state index in [9.17, 15) is 8.42 Å². The topological polar surface area (TPSA) is 75.3 Å². The van der Waals surface area contributed by atoms with E-state index in [0.29, 0.717) is 18.0 Å². The summed E-state index contributed by atoms with van der Waals surface area (Å²) in [5.74, 6) is 0. The lowest BCUT2D eigenvalue weighted by Crippen LogP contribution is -2.34. The van der Waals surface area contributed by atoms with E-state index in [1.807, 2.05) is 0 Å². The Morgan fingerprint density at radius 3 is 2.56 bits per heavy atom. The molecule has 1 unspecified atom stereocenters. The zero-order valence-electron chi connectivity index (χ0n) is 10.9. The molecule has 0 aliphatic rings. The van der Waals surface area contributed by atoms with Crippen LogP contribution in [0.15, 0.2) is 4.90 Å². The maximum absolute atomic E-state index is 12.3. The Labute approximate surface area is 112 Å². The van der Waals surface area contributed by atoms with Crippen molar-refractivity contribution in [1.29, 1.82) is 0 Å². The summed E-state index contributed by atoms with van der Waals surface area (Å²) in [6, 6.07) is 0. The zero-order chi connectivity index (χ0) is 13.9. The summed E-state index contributed by atoms with van der Waals surface area (Å²) in [5.41, 5.74) is 0.981. The molecule has 1 heterocycles. The van der Waals surface area contributed by atoms with Crippen LogP contribution in [0.5, 0.6) is 0 Å². The Morgan fingerprint density at radius 2 is 2.11 bits per heavy atom. The van der Waals surface area contributed by atoms with Crippen LogP contribution in [-0.2, 0) is 14.8 Å². The van der Waals surface area contributed by atoms with Gasteiger partial charge in [-0.3, -0.25) is 5.10 Å². The number of alkyl halides is 1. The van der Waals surface area contributed by atoms with Crippen molar-refractivity contribution in [2.45, 2.75) is 24.1 Å². The van der Waals surface area contributed by atoms with Gasteiger partial charge in [0.25, 0.3) is 0 Å². The first-order valence-electron chi connectivity index (χ1n) is 5.41. The van der Waals surface area contributed by atoms with E-state index < -0.39 is 10.0 Å². The average Bonchev–Trinajstić information content (AvgIpc) is 2.59. The lowest BCUT2D eigenvalue weighted by atomic mass is 10.4. The molecular weight excluding hydrogens is 278 g/mol. The van der Waals surface area contributed by atoms with Gasteiger partial charge in [0.15, 0.2) is 0 Å². The molecule has 0 amide bonds. The molecule has 1 aromatic rings. The predicted molar refractivity (Wildman–Crippen MR) is 69.4 cm³/mol. The molecular formula is C10H18ClN3O3S. The lowest BCUT2D eigenvalue weighted by molar-refractivity contribution is 0.192. The second-order valence-electron chi connectivity index (χ2n) is 4.10. The first kappa shape index (κ1) is 15.4. The van der Waals surface area contributed by atoms with Crippen molar-refractivity contribution in [3.05, 3.63) is 11.4 Å². The summed E-state index contributed by atoms with van der Waals surface area (Å²) in [6.07, 6.45) is 0. The van der Waals surface area contributed by atoms with Gasteiger partial charge >= 0.3 is 0 Å². The zero-order valence-corrected chi connectivity index (χ0v) is 12.5. The molecule has 0 saturated carbocycles. The highest BCUT2D eigenvalue weighted by Crippen LogP contribution is 2.21. The molecule has 0 fully saturated rings. The SMILES string of the molecule is COCC(Cl)CN(C)S(=O)(=O)c1c(C)n[nH]c1C. The summed E-state index contributed by atoms with van der Waals surface area (Å²) < 4.78 is 30.8. The number of hydrogen-bond acceptors (Lipinski definition) is 4. The smallest absolute Gasteiger partial charge is 0.246 e. The standard InChI is InChI=1S/C10H18ClN3O3S/c1-7-10(8(2)13-12-7)18(15,16)14(3)5-9(11)6-17-4/h9H,5-6H2,1-4H3,(H,12,13). The Bertz CT molecular complexity index is 481. The van der Waals surface area contributed by atoms with Crippen molar-refractivity contribution < 1.29 is 13.2 Å². The van der Waals surface area contributed by atoms with Gasteiger partial charge in [-0.05, 0) is 13.8 Å². The fourth-order valence-corrected chi connectivity index (χ4v) is 3.64. The largest absolute Gasteiger partial charge is 0.383 e. The summed E-state index contributed by atoms with van der Waals surface area (Å²) in [7, 11) is -0.556. The fourth-order valence-electron chi connectivity index (χ4n) is 1.69. The van der Waals surface area contributed by atoms with Crippen molar-refractivity contribution in [2.24, 2.45) is 0 Å². The number of H-pyrrole nitrogens is 1. The number of hydrogen-bond donors (Lipinski definition) is 1. The summed E-state index contributed by atoms with van der Waals surface area (Å²) >= 11 is 5.97. The minimum atomic E-state index is -3.57. The van der Waals surface area contributed by atoms with Crippen molar-refractivity contribution >= 4 is 21.6 Å². The van der Waals surface area contributed by atoms with Gasteiger partial charge in [-0.2, -0.15) is 9.40 Å². The van der Waals surface area contributed by atoms with Gasteiger partial charge in [0, 0.05) is 20.7 Å². The minimum Gasteiger partial charge on any atom is -0.383 e. The van der Waals surface area contributed by atoms with Crippen LogP contribution in [0.3, 0.4) is 0 Å². The van der Waals surface area contributed by atoms with Gasteiger partial charge in [0.05, 0.1) is 23.4 Å². The maximum atomic E-state index is 12.3. The molecule has 1 N–H and O–H groups in total. The quantitative estimate of drug-likeness (QED) is 0.791. The third-order valence-electron chi connectivity index (χ3n) is 2.53. The van der Waals surface area contributed by atoms with E-state index in [0.717, 1.165) is 0 Å². The molecule has 1 atom stereocenters. The number of sulfonamides is 1. The molecule has 0 spiro atoms. The van der Waals surface area contributed by atoms with E-state index in [1.165, 1.54) is 18.5 Å². The van der Waals surface area contributed by atoms with Gasteiger partial charge in [-0.25, -0.2) is 8.42 Å². The Hall–Kier alpha value is -0.630. The normalized spacial score (nSPS) is 14.1. The van der Waals surface area contributed by atoms with E-state index in [4.69, 9.17) is 16.3 Å². The lowest BCUT2D eigenvalue weighted by Gasteiger charge is -2.19. The van der Waals surface area contributed by atoms with Gasteiger partial charge in [-0.1, -0.05) is 0 Å². The number of ether oxygens (including phenoxy) is 1. The van der Waals surface area contributed by atoms with E-state index in [2.05, 4.69) is 10.2 Å². The summed E-state index contributed by atoms with van der Waals surface area (Å²) in [4.78, 5) is 0.214. The van der Waals surface area contributed by atoms with E-state index >= 15 is 0 Å². The molecule has 0 radical (unpaired) electrons. The third-order valence-corrected chi connectivity index (χ3v) is 4.88. The Kier molecular flexibility index (Phi) is 5.15. The third kappa shape index (κ3) is 3.23. The van der Waals surface area contributed by atoms with Gasteiger partial charge in [-0.15, -0.1) is 11.6 Å². The maximum Gasteiger partial charge on any atom is 0.246 e. The molecule has 1 rings (SSSR count). The Balaban J connectivity index is 2.94. The molecule has 0 aliphatic heterocycles. The van der Waals surface area contributed by atoms with Gasteiger partial charge in [0.2, 0.25) is 10.0 Å². The summed E-state index contributed by atoms with van der Waals surface area (Å²) in [6.45, 7) is 3.80. The van der Waals surface area contributed by atoms with Crippen LogP contribution >= 0.6 is 11.6 Å². The van der Waals surface area contributed by atoms with Gasteiger partial charge in [0.1, 0.15) is 4.90 Å². The highest BCUT2D eigenvalue weighted by atomic mass is 35.5. The van der Waals surface area contributed by atoms with Crippen LogP contribution in [-0.4, -0.2) is 55.6 Å². The molecule has 1 aromatic heterocycles. The number of aromatic nitrogens is 2. The highest BCUT2D eigenvalue weighted by molar-refractivity contribution is 7.89. The highest BCUT2D eigenvalue weighted by Gasteiger charge is 2.28. The molecule has 6 nitrogen and oxygen atoms in total. The average molecular weight is 296 g/mol. The molecule has 0 saturated heterocycles. The van der Waals surface area contributed by atoms with E-state index in [-0.39, 0.29) is 16.8 Å². The molecule has 8 heteroatoms. The van der Waals surface area contributed by atoms with Crippen LogP contribution < -0.4 is 0 Å². The second-order valence-corrected chi connectivity index (χ2v) is 6.70. The number of nitrogens with one attached hydrogen (secondary N) is 1. The Morgan fingerprint density at radius 1 is 1.50 bits per heavy atom. The number of methoxy groups -OCH3 is 1. The summed E-state index contributed by atoms with van der Waals surface area (Å²) in [5, 5.41) is 6.17. The van der Waals surface area contributed by atoms with Crippen LogP contribution in [0.4, 0.5) is 0 Å². The fraction of sp³-hybridized carbons (Fsp3) is 0.700. The number of nitrogens with zero attached hydrogens (tertiary/aromatic N) is 2. The van der Waals surface area contributed by atoms with Crippen molar-refractivity contribution in [3.63, 3.8) is 0 Å². The number of aromatic amines is 1. The second kappa shape index (κ2) is 6.01. The minimum absolute atomic E-state index is 0.182. The van der Waals surface area contributed by atoms with E-state index in [1.54, 1.807) is 13.8 Å². The molecule has 0 aliphatic carbocycles. The number of halogens is 1. The molecule has 18 heavy (non-hydrogen) atoms. The first-order valence-corrected chi connectivity index (χ1v) is 7.29. The number of aryl methyl sites for hydroxylation is 2. The van der Waals surface area contributed by atoms with Crippen LogP contribution in [0, 0.1) is 13.8 Å². The van der Waals surface area contributed by atoms with Crippen molar-refractivity contribution in [1.82, 2.24) is 14.5 Å². The first-order chi connectivity index (χ1) is 8.30. The van der Waals surface area contributed by atoms with Crippen molar-refractivity contribution in [3.8, 4) is 0 Å². The van der Waals surface area contributed by atoms with Crippen molar-refractivity contribution in [2.75, 3.05) is 27.3 Å². The number of rotatable bonds is 6. The van der Waals surface area contributed by atoms with Crippen LogP contribution in [0.1, 0.15) is 11.4 Å². The molecule has 104 valence electrons.